The number of aromatic nitrogens is 2. The summed E-state index contributed by atoms with van der Waals surface area (Å²) in [7, 11) is 0. The van der Waals surface area contributed by atoms with Crippen molar-refractivity contribution >= 4 is 40.0 Å². The first-order valence-electron chi connectivity index (χ1n) is 12.8. The van der Waals surface area contributed by atoms with Crippen molar-refractivity contribution in [2.75, 3.05) is 4.90 Å². The summed E-state index contributed by atoms with van der Waals surface area (Å²) in [6.07, 6.45) is 0. The number of imide groups is 1. The molecule has 2 fully saturated rings. The Morgan fingerprint density at radius 2 is 1.68 bits per heavy atom. The predicted octanol–water partition coefficient (Wildman–Crippen LogP) is 4.34. The lowest BCUT2D eigenvalue weighted by atomic mass is 9.75. The lowest BCUT2D eigenvalue weighted by molar-refractivity contribution is -0.123. The molecule has 0 aliphatic carbocycles. The molecule has 7 nitrogen and oxygen atoms in total. The van der Waals surface area contributed by atoms with Crippen molar-refractivity contribution in [3.63, 3.8) is 0 Å². The molecule has 3 aromatic carbocycles. The number of rotatable bonds is 2. The third-order valence-electron chi connectivity index (χ3n) is 8.43. The van der Waals surface area contributed by atoms with E-state index in [1.165, 1.54) is 4.90 Å². The number of hydrogen-bond acceptors (Lipinski definition) is 5. The zero-order chi connectivity index (χ0) is 26.5. The van der Waals surface area contributed by atoms with E-state index in [1.54, 1.807) is 22.8 Å². The van der Waals surface area contributed by atoms with Gasteiger partial charge in [-0.25, -0.2) is 9.88 Å². The van der Waals surface area contributed by atoms with Gasteiger partial charge in [0.15, 0.2) is 0 Å². The number of nitrogens with zero attached hydrogens (tertiary/aromatic N) is 3. The summed E-state index contributed by atoms with van der Waals surface area (Å²) in [4.78, 5) is 48.8. The van der Waals surface area contributed by atoms with Crippen molar-refractivity contribution in [2.24, 2.45) is 17.8 Å². The number of anilines is 1. The second kappa shape index (κ2) is 7.85. The van der Waals surface area contributed by atoms with Gasteiger partial charge in [0.05, 0.1) is 34.1 Å². The molecule has 1 spiro atoms. The summed E-state index contributed by atoms with van der Waals surface area (Å²) in [6, 6.07) is 19.7. The average molecular weight is 525 g/mol. The lowest BCUT2D eigenvalue weighted by Gasteiger charge is -2.32. The summed E-state index contributed by atoms with van der Waals surface area (Å²) in [5, 5.41) is 4.67. The minimum Gasteiger partial charge on any atom is -0.296 e. The molecule has 4 atom stereocenters. The van der Waals surface area contributed by atoms with Crippen LogP contribution in [0.3, 0.4) is 0 Å². The lowest BCUT2D eigenvalue weighted by Crippen LogP contribution is -2.51. The number of halogens is 1. The first-order chi connectivity index (χ1) is 18.3. The number of hydrogen-bond donors (Lipinski definition) is 1. The molecule has 4 heterocycles. The van der Waals surface area contributed by atoms with Gasteiger partial charge in [0.2, 0.25) is 11.8 Å². The Labute approximate surface area is 224 Å². The van der Waals surface area contributed by atoms with E-state index in [0.29, 0.717) is 33.1 Å². The van der Waals surface area contributed by atoms with E-state index in [9.17, 15) is 14.4 Å². The van der Waals surface area contributed by atoms with Crippen molar-refractivity contribution < 1.29 is 9.59 Å². The molecule has 7 rings (SSSR count). The molecule has 38 heavy (non-hydrogen) atoms. The van der Waals surface area contributed by atoms with Crippen LogP contribution in [0.25, 0.3) is 16.6 Å². The fraction of sp³-hybridized carbons (Fsp3) is 0.267. The molecule has 0 bridgehead atoms. The molecule has 4 aromatic rings. The van der Waals surface area contributed by atoms with Crippen molar-refractivity contribution in [2.45, 2.75) is 32.4 Å². The molecule has 0 unspecified atom stereocenters. The summed E-state index contributed by atoms with van der Waals surface area (Å²) < 4.78 is 1.62. The summed E-state index contributed by atoms with van der Waals surface area (Å²) >= 11 is 6.31. The van der Waals surface area contributed by atoms with Gasteiger partial charge in [-0.2, -0.15) is 0 Å². The third-order valence-corrected chi connectivity index (χ3v) is 8.66. The van der Waals surface area contributed by atoms with Crippen LogP contribution in [0.2, 0.25) is 5.02 Å². The minimum atomic E-state index is -1.15. The van der Waals surface area contributed by atoms with Gasteiger partial charge in [-0.05, 0) is 48.7 Å². The Kier molecular flexibility index (Phi) is 4.82. The Bertz CT molecular complexity index is 1760. The van der Waals surface area contributed by atoms with Crippen LogP contribution in [0, 0.1) is 24.7 Å². The molecule has 2 saturated heterocycles. The Hall–Kier alpha value is -3.81. The van der Waals surface area contributed by atoms with Gasteiger partial charge >= 0.3 is 0 Å². The molecule has 3 aliphatic rings. The number of nitrogens with one attached hydrogen (secondary N) is 1. The second-order valence-corrected chi connectivity index (χ2v) is 11.2. The molecule has 2 amide bonds. The number of carbonyl (C=O) groups excluding carboxylic acids is 2. The SMILES string of the molecule is Cc1ccc(Cl)cc1N1C(=O)[C@H]2[C@H](C(C)C)N[C@]3(c4ccccc4-n4c3nc3ccccc3c4=O)[C@H]2C1=O. The number of fused-ring (bicyclic) bond motifs is 8. The number of amides is 2. The van der Waals surface area contributed by atoms with Gasteiger partial charge in [0.25, 0.3) is 5.56 Å². The first-order valence-corrected chi connectivity index (χ1v) is 13.2. The fourth-order valence-corrected chi connectivity index (χ4v) is 6.95. The Balaban J connectivity index is 1.54. The number of aryl methyl sites for hydroxylation is 1. The van der Waals surface area contributed by atoms with Gasteiger partial charge < -0.3 is 0 Å². The molecule has 1 aromatic heterocycles. The normalized spacial score (nSPS) is 25.5. The zero-order valence-electron chi connectivity index (χ0n) is 21.1. The van der Waals surface area contributed by atoms with Crippen LogP contribution < -0.4 is 15.8 Å². The van der Waals surface area contributed by atoms with Gasteiger partial charge in [-0.3, -0.25) is 24.3 Å². The number of benzene rings is 3. The maximum Gasteiger partial charge on any atom is 0.266 e. The highest BCUT2D eigenvalue weighted by molar-refractivity contribution is 6.31. The highest BCUT2D eigenvalue weighted by Gasteiger charge is 2.70. The molecule has 0 radical (unpaired) electrons. The van der Waals surface area contributed by atoms with Crippen molar-refractivity contribution in [3.05, 3.63) is 99.1 Å². The highest BCUT2D eigenvalue weighted by Crippen LogP contribution is 2.56. The van der Waals surface area contributed by atoms with Crippen LogP contribution in [0.5, 0.6) is 0 Å². The monoisotopic (exact) mass is 524 g/mol. The van der Waals surface area contributed by atoms with Crippen LogP contribution in [-0.4, -0.2) is 27.4 Å². The van der Waals surface area contributed by atoms with Gasteiger partial charge in [0.1, 0.15) is 11.4 Å². The van der Waals surface area contributed by atoms with Crippen LogP contribution in [0.15, 0.2) is 71.5 Å². The predicted molar refractivity (Wildman–Crippen MR) is 146 cm³/mol. The van der Waals surface area contributed by atoms with Crippen LogP contribution in [-0.2, 0) is 15.1 Å². The molecular formula is C30H25ClN4O3. The van der Waals surface area contributed by atoms with Crippen LogP contribution >= 0.6 is 11.6 Å². The van der Waals surface area contributed by atoms with Crippen molar-refractivity contribution in [3.8, 4) is 5.69 Å². The fourth-order valence-electron chi connectivity index (χ4n) is 6.79. The van der Waals surface area contributed by atoms with E-state index >= 15 is 0 Å². The summed E-state index contributed by atoms with van der Waals surface area (Å²) in [5.74, 6) is -1.51. The Morgan fingerprint density at radius 3 is 2.47 bits per heavy atom. The topological polar surface area (TPSA) is 84.3 Å². The third kappa shape index (κ3) is 2.78. The molecule has 8 heteroatoms. The second-order valence-electron chi connectivity index (χ2n) is 10.8. The van der Waals surface area contributed by atoms with E-state index in [0.717, 1.165) is 11.1 Å². The van der Waals surface area contributed by atoms with E-state index < -0.39 is 17.4 Å². The van der Waals surface area contributed by atoms with Gasteiger partial charge in [0, 0.05) is 16.6 Å². The zero-order valence-corrected chi connectivity index (χ0v) is 21.9. The van der Waals surface area contributed by atoms with E-state index in [-0.39, 0.29) is 29.3 Å². The number of carbonyl (C=O) groups is 2. The average Bonchev–Trinajstić information content (AvgIpc) is 3.50. The molecule has 3 aliphatic heterocycles. The molecule has 1 N–H and O–H groups in total. The van der Waals surface area contributed by atoms with E-state index in [4.69, 9.17) is 16.6 Å². The van der Waals surface area contributed by atoms with Crippen LogP contribution in [0.1, 0.15) is 30.8 Å². The van der Waals surface area contributed by atoms with E-state index in [2.05, 4.69) is 5.32 Å². The molecule has 0 saturated carbocycles. The van der Waals surface area contributed by atoms with Gasteiger partial charge in [-0.15, -0.1) is 0 Å². The maximum absolute atomic E-state index is 14.5. The standard InChI is InChI=1S/C30H25ClN4O3/c1-15(2)25-23-24(28(38)34(27(23)37)22-14-17(31)13-12-16(22)3)30(33-25)19-9-5-7-11-21(19)35-26(36)18-8-4-6-10-20(18)32-29(30)35/h4-15,23-25,33H,1-3H3/t23-,24-,25+,30-/m1/s1. The largest absolute Gasteiger partial charge is 0.296 e. The molecule has 190 valence electrons. The summed E-state index contributed by atoms with van der Waals surface area (Å²) in [6.45, 7) is 5.95. The summed E-state index contributed by atoms with van der Waals surface area (Å²) in [5.41, 5.74) is 1.96. The molecular weight excluding hydrogens is 500 g/mol. The minimum absolute atomic E-state index is 0.0347. The van der Waals surface area contributed by atoms with Crippen LogP contribution in [0.4, 0.5) is 5.69 Å². The van der Waals surface area contributed by atoms with E-state index in [1.807, 2.05) is 69.3 Å². The highest BCUT2D eigenvalue weighted by atomic mass is 35.5. The maximum atomic E-state index is 14.5. The quantitative estimate of drug-likeness (QED) is 0.394. The smallest absolute Gasteiger partial charge is 0.266 e. The number of para-hydroxylation sites is 2. The Morgan fingerprint density at radius 1 is 0.947 bits per heavy atom. The van der Waals surface area contributed by atoms with Gasteiger partial charge in [-0.1, -0.05) is 61.8 Å². The first kappa shape index (κ1) is 23.3. The van der Waals surface area contributed by atoms with Crippen molar-refractivity contribution in [1.29, 1.82) is 0 Å². The van der Waals surface area contributed by atoms with Crippen molar-refractivity contribution in [1.82, 2.24) is 14.9 Å².